The van der Waals surface area contributed by atoms with Gasteiger partial charge in [-0.25, -0.2) is 4.98 Å². The van der Waals surface area contributed by atoms with E-state index in [4.69, 9.17) is 10.5 Å². The van der Waals surface area contributed by atoms with Gasteiger partial charge in [0.1, 0.15) is 5.75 Å². The van der Waals surface area contributed by atoms with E-state index < -0.39 is 0 Å². The summed E-state index contributed by atoms with van der Waals surface area (Å²) in [6.07, 6.45) is 0.360. The lowest BCUT2D eigenvalue weighted by atomic mass is 10.1. The first-order valence-corrected chi connectivity index (χ1v) is 6.91. The highest BCUT2D eigenvalue weighted by Crippen LogP contribution is 2.23. The summed E-state index contributed by atoms with van der Waals surface area (Å²) in [7, 11) is 1.61. The quantitative estimate of drug-likeness (QED) is 0.901. The smallest absolute Gasteiger partial charge is 0.222 e. The maximum Gasteiger partial charge on any atom is 0.222 e. The predicted molar refractivity (Wildman–Crippen MR) is 83.2 cm³/mol. The van der Waals surface area contributed by atoms with Crippen molar-refractivity contribution in [3.05, 3.63) is 18.2 Å². The number of rotatable bonds is 4. The Kier molecular flexibility index (Phi) is 4.06. The number of carbonyl (C=O) groups excluding carboxylic acids is 1. The highest BCUT2D eigenvalue weighted by Gasteiger charge is 2.15. The first-order valence-electron chi connectivity index (χ1n) is 6.91. The van der Waals surface area contributed by atoms with Crippen LogP contribution in [0.1, 0.15) is 27.2 Å². The van der Waals surface area contributed by atoms with E-state index in [1.165, 1.54) is 0 Å². The second-order valence-electron chi connectivity index (χ2n) is 6.02. The molecule has 0 atom stereocenters. The van der Waals surface area contributed by atoms with Crippen LogP contribution >= 0.6 is 0 Å². The van der Waals surface area contributed by atoms with Crippen LogP contribution in [0.4, 0.5) is 5.95 Å². The monoisotopic (exact) mass is 290 g/mol. The van der Waals surface area contributed by atoms with Crippen molar-refractivity contribution in [3.63, 3.8) is 0 Å². The molecular weight excluding hydrogens is 268 g/mol. The number of benzene rings is 1. The van der Waals surface area contributed by atoms with Gasteiger partial charge in [0.25, 0.3) is 0 Å². The van der Waals surface area contributed by atoms with Gasteiger partial charge in [-0.1, -0.05) is 0 Å². The lowest BCUT2D eigenvalue weighted by Gasteiger charge is -2.20. The number of nitrogen functional groups attached to an aromatic ring is 1. The standard InChI is InChI=1S/C15H22N4O2/c1-15(2,3)18-13(20)7-8-19-12-6-5-10(21-4)9-11(12)17-14(19)16/h5-6,9H,7-8H2,1-4H3,(H2,16,17)(H,18,20). The van der Waals surface area contributed by atoms with Crippen molar-refractivity contribution in [2.75, 3.05) is 12.8 Å². The van der Waals surface area contributed by atoms with Crippen LogP contribution in [-0.4, -0.2) is 28.1 Å². The lowest BCUT2D eigenvalue weighted by Crippen LogP contribution is -2.40. The summed E-state index contributed by atoms with van der Waals surface area (Å²) in [5, 5.41) is 2.93. The molecule has 0 radical (unpaired) electrons. The van der Waals surface area contributed by atoms with E-state index in [2.05, 4.69) is 10.3 Å². The number of nitrogens with two attached hydrogens (primary N) is 1. The molecule has 0 aliphatic carbocycles. The van der Waals surface area contributed by atoms with Gasteiger partial charge < -0.3 is 20.4 Å². The summed E-state index contributed by atoms with van der Waals surface area (Å²) in [6.45, 7) is 6.37. The number of ether oxygens (including phenoxy) is 1. The summed E-state index contributed by atoms with van der Waals surface area (Å²) in [5.41, 5.74) is 7.38. The topological polar surface area (TPSA) is 82.2 Å². The number of aromatic nitrogens is 2. The fraction of sp³-hybridized carbons (Fsp3) is 0.467. The molecule has 1 amide bonds. The molecule has 6 nitrogen and oxygen atoms in total. The van der Waals surface area contributed by atoms with Crippen molar-refractivity contribution in [2.24, 2.45) is 0 Å². The molecule has 2 rings (SSSR count). The number of nitrogens with one attached hydrogen (secondary N) is 1. The van der Waals surface area contributed by atoms with Gasteiger partial charge in [0.2, 0.25) is 11.9 Å². The van der Waals surface area contributed by atoms with Gasteiger partial charge in [0.05, 0.1) is 18.1 Å². The molecule has 114 valence electrons. The van der Waals surface area contributed by atoms with E-state index in [-0.39, 0.29) is 11.4 Å². The molecule has 0 spiro atoms. The molecule has 2 aromatic rings. The van der Waals surface area contributed by atoms with Crippen molar-refractivity contribution >= 4 is 22.9 Å². The summed E-state index contributed by atoms with van der Waals surface area (Å²) in [5.74, 6) is 1.14. The first-order chi connectivity index (χ1) is 9.80. The van der Waals surface area contributed by atoms with Crippen molar-refractivity contribution in [1.29, 1.82) is 0 Å². The SMILES string of the molecule is COc1ccc2c(c1)nc(N)n2CCC(=O)NC(C)(C)C. The third-order valence-corrected chi connectivity index (χ3v) is 3.06. The van der Waals surface area contributed by atoms with Gasteiger partial charge in [-0.2, -0.15) is 0 Å². The van der Waals surface area contributed by atoms with Crippen molar-refractivity contribution in [3.8, 4) is 5.75 Å². The Morgan fingerprint density at radius 2 is 2.14 bits per heavy atom. The number of hydrogen-bond donors (Lipinski definition) is 2. The Hall–Kier alpha value is -2.24. The van der Waals surface area contributed by atoms with Gasteiger partial charge in [-0.3, -0.25) is 4.79 Å². The zero-order valence-corrected chi connectivity index (χ0v) is 12.9. The Balaban J connectivity index is 2.15. The van der Waals surface area contributed by atoms with Gasteiger partial charge in [-0.05, 0) is 32.9 Å². The number of amides is 1. The molecule has 0 bridgehead atoms. The fourth-order valence-corrected chi connectivity index (χ4v) is 2.18. The minimum atomic E-state index is -0.229. The first kappa shape index (κ1) is 15.2. The maximum atomic E-state index is 11.9. The Morgan fingerprint density at radius 1 is 1.43 bits per heavy atom. The largest absolute Gasteiger partial charge is 0.497 e. The molecule has 0 aliphatic heterocycles. The van der Waals surface area contributed by atoms with E-state index in [0.717, 1.165) is 16.8 Å². The molecule has 0 saturated carbocycles. The van der Waals surface area contributed by atoms with Gasteiger partial charge in [0, 0.05) is 24.6 Å². The molecule has 21 heavy (non-hydrogen) atoms. The van der Waals surface area contributed by atoms with E-state index in [1.54, 1.807) is 7.11 Å². The Labute approximate surface area is 124 Å². The number of anilines is 1. The minimum absolute atomic E-state index is 0.00254. The van der Waals surface area contributed by atoms with Crippen molar-refractivity contribution in [2.45, 2.75) is 39.3 Å². The summed E-state index contributed by atoms with van der Waals surface area (Å²) < 4.78 is 7.01. The number of methoxy groups -OCH3 is 1. The summed E-state index contributed by atoms with van der Waals surface area (Å²) >= 11 is 0. The predicted octanol–water partition coefficient (Wildman–Crippen LogP) is 1.93. The molecule has 6 heteroatoms. The van der Waals surface area contributed by atoms with Crippen LogP contribution < -0.4 is 15.8 Å². The molecule has 0 saturated heterocycles. The highest BCUT2D eigenvalue weighted by atomic mass is 16.5. The van der Waals surface area contributed by atoms with Gasteiger partial charge >= 0.3 is 0 Å². The second kappa shape index (κ2) is 5.63. The molecule has 1 heterocycles. The van der Waals surface area contributed by atoms with Gasteiger partial charge in [-0.15, -0.1) is 0 Å². The van der Waals surface area contributed by atoms with Crippen LogP contribution in [0, 0.1) is 0 Å². The molecule has 1 aromatic carbocycles. The zero-order chi connectivity index (χ0) is 15.6. The summed E-state index contributed by atoms with van der Waals surface area (Å²) in [6, 6.07) is 5.59. The van der Waals surface area contributed by atoms with Crippen molar-refractivity contribution in [1.82, 2.24) is 14.9 Å². The van der Waals surface area contributed by atoms with E-state index >= 15 is 0 Å². The molecule has 0 unspecified atom stereocenters. The molecule has 0 aliphatic rings. The minimum Gasteiger partial charge on any atom is -0.497 e. The fourth-order valence-electron chi connectivity index (χ4n) is 2.18. The van der Waals surface area contributed by atoms with Crippen LogP contribution in [0.5, 0.6) is 5.75 Å². The number of aryl methyl sites for hydroxylation is 1. The average molecular weight is 290 g/mol. The van der Waals surface area contributed by atoms with E-state index in [1.807, 2.05) is 43.5 Å². The Morgan fingerprint density at radius 3 is 2.76 bits per heavy atom. The van der Waals surface area contributed by atoms with Crippen LogP contribution in [-0.2, 0) is 11.3 Å². The van der Waals surface area contributed by atoms with Crippen LogP contribution in [0.15, 0.2) is 18.2 Å². The maximum absolute atomic E-state index is 11.9. The molecule has 0 fully saturated rings. The van der Waals surface area contributed by atoms with E-state index in [0.29, 0.717) is 18.9 Å². The van der Waals surface area contributed by atoms with Gasteiger partial charge in [0.15, 0.2) is 0 Å². The van der Waals surface area contributed by atoms with Crippen LogP contribution in [0.3, 0.4) is 0 Å². The molecular formula is C15H22N4O2. The molecule has 1 aromatic heterocycles. The Bertz CT molecular complexity index is 655. The third kappa shape index (κ3) is 3.65. The number of carbonyl (C=O) groups is 1. The van der Waals surface area contributed by atoms with Crippen LogP contribution in [0.25, 0.3) is 11.0 Å². The zero-order valence-electron chi connectivity index (χ0n) is 12.9. The average Bonchev–Trinajstić information content (AvgIpc) is 2.68. The molecule has 3 N–H and O–H groups in total. The summed E-state index contributed by atoms with van der Waals surface area (Å²) in [4.78, 5) is 16.2. The van der Waals surface area contributed by atoms with E-state index in [9.17, 15) is 4.79 Å². The van der Waals surface area contributed by atoms with Crippen LogP contribution in [0.2, 0.25) is 0 Å². The normalized spacial score (nSPS) is 11.6. The van der Waals surface area contributed by atoms with Crippen molar-refractivity contribution < 1.29 is 9.53 Å². The highest BCUT2D eigenvalue weighted by molar-refractivity contribution is 5.81. The third-order valence-electron chi connectivity index (χ3n) is 3.06. The number of hydrogen-bond acceptors (Lipinski definition) is 4. The second-order valence-corrected chi connectivity index (χ2v) is 6.02. The number of nitrogens with zero attached hydrogens (tertiary/aromatic N) is 2. The lowest BCUT2D eigenvalue weighted by molar-refractivity contribution is -0.122. The number of imidazole rings is 1. The number of fused-ring (bicyclic) bond motifs is 1.